The van der Waals surface area contributed by atoms with Crippen LogP contribution in [0.4, 0.5) is 0 Å². The van der Waals surface area contributed by atoms with Gasteiger partial charge in [0.1, 0.15) is 0 Å². The first-order chi connectivity index (χ1) is 43.0. The van der Waals surface area contributed by atoms with E-state index in [2.05, 4.69) is 71.0 Å². The molecule has 12 nitrogen and oxygen atoms in total. The summed E-state index contributed by atoms with van der Waals surface area (Å²) < 4.78 is 128. The molecule has 0 aliphatic rings. The smallest absolute Gasteiger partial charge is 0.266 e. The molecule has 470 valence electrons. The Morgan fingerprint density at radius 2 is 0.467 bits per heavy atom. The molecule has 16 heteroatoms. The fourth-order valence-corrected chi connectivity index (χ4v) is 12.7. The standard InChI is InChI=1S/C76H70O12S4/c1-73(2,3)51-85-89(77,78)67-41-43-71-63(45-69(49-65(71)47-67)91(81,82)87-53-75(7,8)9)39-37-61-33-29-59(30-34-61)27-25-57-21-17-55(18-22-57)15-13-14-16-56-19-23-58(24-20-56)26-28-60-31-35-62(36-32-60)38-40-64-46-70(92(83,84)88-54-76(10,11)12)50-66-48-68(42-44-72(64)66)90(79,80)86-52-74(4,5)6/h17-24,29-36,41-50H,51-54H2,1-12H3. The van der Waals surface area contributed by atoms with Crippen LogP contribution in [-0.2, 0) is 57.2 Å². The maximum Gasteiger partial charge on any atom is 0.297 e. The average Bonchev–Trinajstić information content (AvgIpc) is 0.794. The van der Waals surface area contributed by atoms with E-state index < -0.39 is 62.1 Å². The number of fused-ring (bicyclic) bond motifs is 2. The monoisotopic (exact) mass is 1300 g/mol. The van der Waals surface area contributed by atoms with Crippen LogP contribution < -0.4 is 0 Å². The van der Waals surface area contributed by atoms with Gasteiger partial charge in [-0.05, 0) is 201 Å². The molecule has 0 aliphatic carbocycles. The van der Waals surface area contributed by atoms with E-state index in [0.717, 1.165) is 33.4 Å². The highest BCUT2D eigenvalue weighted by Gasteiger charge is 2.27. The first kappa shape index (κ1) is 69.2. The predicted molar refractivity (Wildman–Crippen MR) is 362 cm³/mol. The second kappa shape index (κ2) is 28.0. The van der Waals surface area contributed by atoms with E-state index >= 15 is 0 Å². The highest BCUT2D eigenvalue weighted by molar-refractivity contribution is 7.87. The number of hydrogen-bond acceptors (Lipinski definition) is 12. The van der Waals surface area contributed by atoms with Crippen molar-refractivity contribution >= 4 is 62.0 Å². The quantitative estimate of drug-likeness (QED) is 0.0838. The Labute approximate surface area is 544 Å². The molecule has 92 heavy (non-hydrogen) atoms. The van der Waals surface area contributed by atoms with E-state index in [-0.39, 0.29) is 46.0 Å². The Bertz CT molecular complexity index is 4680. The summed E-state index contributed by atoms with van der Waals surface area (Å²) in [6.07, 6.45) is 0. The topological polar surface area (TPSA) is 173 Å². The molecule has 0 bridgehead atoms. The normalized spacial score (nSPS) is 12.1. The van der Waals surface area contributed by atoms with Gasteiger partial charge in [-0.3, -0.25) is 16.7 Å². The predicted octanol–water partition coefficient (Wildman–Crippen LogP) is 14.0. The molecule has 0 amide bonds. The summed E-state index contributed by atoms with van der Waals surface area (Å²) in [6, 6.07) is 44.1. The summed E-state index contributed by atoms with van der Waals surface area (Å²) in [4.78, 5) is -0.529. The molecule has 8 rings (SSSR count). The van der Waals surface area contributed by atoms with E-state index in [0.29, 0.717) is 43.8 Å². The van der Waals surface area contributed by atoms with Gasteiger partial charge in [-0.25, -0.2) is 0 Å². The van der Waals surface area contributed by atoms with Crippen LogP contribution in [0, 0.1) is 92.7 Å². The molecular weight excluding hydrogens is 1230 g/mol. The minimum Gasteiger partial charge on any atom is -0.266 e. The van der Waals surface area contributed by atoms with E-state index in [9.17, 15) is 33.7 Å². The van der Waals surface area contributed by atoms with Gasteiger partial charge in [-0.2, -0.15) is 33.7 Å². The molecule has 8 aromatic carbocycles. The van der Waals surface area contributed by atoms with Crippen molar-refractivity contribution in [2.45, 2.75) is 103 Å². The molecule has 0 fully saturated rings. The van der Waals surface area contributed by atoms with Crippen molar-refractivity contribution in [3.8, 4) is 71.0 Å². The lowest BCUT2D eigenvalue weighted by atomic mass is 9.99. The minimum atomic E-state index is -4.24. The van der Waals surface area contributed by atoms with Crippen LogP contribution >= 0.6 is 0 Å². The van der Waals surface area contributed by atoms with Crippen molar-refractivity contribution in [1.29, 1.82) is 0 Å². The molecule has 0 atom stereocenters. The van der Waals surface area contributed by atoms with Gasteiger partial charge >= 0.3 is 0 Å². The van der Waals surface area contributed by atoms with E-state index in [1.165, 1.54) is 48.5 Å². The molecule has 0 unspecified atom stereocenters. The van der Waals surface area contributed by atoms with Crippen molar-refractivity contribution in [3.63, 3.8) is 0 Å². The average molecular weight is 1300 g/mol. The summed E-state index contributed by atoms with van der Waals surface area (Å²) in [5, 5.41) is 1.78. The van der Waals surface area contributed by atoms with Crippen LogP contribution in [0.2, 0.25) is 0 Å². The molecular formula is C76H70O12S4. The molecule has 0 spiro atoms. The zero-order chi connectivity index (χ0) is 66.9. The third-order valence-electron chi connectivity index (χ3n) is 12.9. The fourth-order valence-electron chi connectivity index (χ4n) is 8.06. The number of rotatable bonds is 12. The van der Waals surface area contributed by atoms with Crippen molar-refractivity contribution < 1.29 is 50.4 Å². The number of hydrogen-bond donors (Lipinski definition) is 0. The van der Waals surface area contributed by atoms with Crippen molar-refractivity contribution in [2.24, 2.45) is 21.7 Å². The maximum atomic E-state index is 13.5. The Hall–Kier alpha value is -8.72. The summed E-state index contributed by atoms with van der Waals surface area (Å²) >= 11 is 0. The van der Waals surface area contributed by atoms with Crippen LogP contribution in [0.3, 0.4) is 0 Å². The zero-order valence-electron chi connectivity index (χ0n) is 53.4. The Kier molecular flexibility index (Phi) is 21.1. The second-order valence-electron chi connectivity index (χ2n) is 26.6. The third kappa shape index (κ3) is 20.4. The summed E-state index contributed by atoms with van der Waals surface area (Å²) in [6.45, 7) is 22.1. The Morgan fingerprint density at radius 1 is 0.261 bits per heavy atom. The van der Waals surface area contributed by atoms with Gasteiger partial charge in [0, 0.05) is 55.6 Å². The van der Waals surface area contributed by atoms with Gasteiger partial charge < -0.3 is 0 Å². The van der Waals surface area contributed by atoms with Gasteiger partial charge in [-0.15, -0.1) is 0 Å². The van der Waals surface area contributed by atoms with Gasteiger partial charge in [0.05, 0.1) is 46.0 Å². The number of benzene rings is 8. The minimum absolute atomic E-state index is 0.0382. The molecule has 0 N–H and O–H groups in total. The van der Waals surface area contributed by atoms with Crippen LogP contribution in [-0.4, -0.2) is 60.1 Å². The largest absolute Gasteiger partial charge is 0.297 e. The third-order valence-corrected chi connectivity index (χ3v) is 17.9. The summed E-state index contributed by atoms with van der Waals surface area (Å²) in [5.74, 6) is 37.1. The zero-order valence-corrected chi connectivity index (χ0v) is 56.6. The molecule has 0 saturated carbocycles. The lowest BCUT2D eigenvalue weighted by Gasteiger charge is -2.18. The van der Waals surface area contributed by atoms with E-state index in [1.54, 1.807) is 12.1 Å². The molecule has 8 aromatic rings. The van der Waals surface area contributed by atoms with Gasteiger partial charge in [0.25, 0.3) is 40.5 Å². The van der Waals surface area contributed by atoms with Gasteiger partial charge in [-0.1, -0.05) is 154 Å². The molecule has 0 radical (unpaired) electrons. The fraction of sp³-hybridized carbons (Fsp3) is 0.263. The first-order valence-electron chi connectivity index (χ1n) is 29.2. The van der Waals surface area contributed by atoms with Crippen LogP contribution in [0.1, 0.15) is 139 Å². The summed E-state index contributed by atoms with van der Waals surface area (Å²) in [5.41, 5.74) is 4.91. The lowest BCUT2D eigenvalue weighted by Crippen LogP contribution is -2.19. The highest BCUT2D eigenvalue weighted by Crippen LogP contribution is 2.32. The van der Waals surface area contributed by atoms with Crippen molar-refractivity contribution in [2.75, 3.05) is 26.4 Å². The first-order valence-corrected chi connectivity index (χ1v) is 34.8. The Morgan fingerprint density at radius 3 is 0.707 bits per heavy atom. The lowest BCUT2D eigenvalue weighted by molar-refractivity contribution is 0.203. The molecule has 0 aliphatic heterocycles. The molecule has 0 saturated heterocycles. The highest BCUT2D eigenvalue weighted by atomic mass is 32.2. The van der Waals surface area contributed by atoms with Crippen LogP contribution in [0.25, 0.3) is 21.5 Å². The van der Waals surface area contributed by atoms with E-state index in [4.69, 9.17) is 16.7 Å². The SMILES string of the molecule is CC(C)(C)COS(=O)(=O)c1ccc2c(C#Cc3ccc(C#Cc4ccc(C#CC#Cc5ccc(C#Cc6ccc(C#Cc7cc(S(=O)(=O)OCC(C)(C)C)cc8cc(S(=O)(=O)OCC(C)(C)C)ccc78)cc6)cc5)cc4)cc3)cc(S(=O)(=O)OCC(C)(C)C)cc2c1. The van der Waals surface area contributed by atoms with Crippen LogP contribution in [0.5, 0.6) is 0 Å². The van der Waals surface area contributed by atoms with Crippen LogP contribution in [0.15, 0.2) is 177 Å². The molecule has 0 heterocycles. The van der Waals surface area contributed by atoms with Crippen molar-refractivity contribution in [3.05, 3.63) is 213 Å². The Balaban J connectivity index is 0.891. The van der Waals surface area contributed by atoms with Gasteiger partial charge in [0.15, 0.2) is 0 Å². The van der Waals surface area contributed by atoms with E-state index in [1.807, 2.05) is 180 Å². The van der Waals surface area contributed by atoms with Gasteiger partial charge in [0.2, 0.25) is 0 Å². The summed E-state index contributed by atoms with van der Waals surface area (Å²) in [7, 11) is -16.8. The molecule has 0 aromatic heterocycles. The second-order valence-corrected chi connectivity index (χ2v) is 33.1. The maximum absolute atomic E-state index is 13.5. The van der Waals surface area contributed by atoms with Crippen molar-refractivity contribution in [1.82, 2.24) is 0 Å².